The number of aromatic nitrogens is 1. The van der Waals surface area contributed by atoms with E-state index in [9.17, 15) is 9.59 Å². The third-order valence-corrected chi connectivity index (χ3v) is 4.51. The molecule has 0 saturated carbocycles. The Morgan fingerprint density at radius 2 is 2.26 bits per heavy atom. The number of rotatable bonds is 7. The van der Waals surface area contributed by atoms with Crippen LogP contribution in [0.2, 0.25) is 0 Å². The molecule has 0 spiro atoms. The lowest BCUT2D eigenvalue weighted by Crippen LogP contribution is -2.44. The summed E-state index contributed by atoms with van der Waals surface area (Å²) >= 11 is 0. The molecule has 1 atom stereocenters. The summed E-state index contributed by atoms with van der Waals surface area (Å²) < 4.78 is 0. The van der Waals surface area contributed by atoms with Crippen molar-refractivity contribution in [1.29, 1.82) is 0 Å². The molecule has 126 valence electrons. The minimum Gasteiger partial charge on any atom is -0.337 e. The van der Waals surface area contributed by atoms with Crippen LogP contribution in [0.4, 0.5) is 0 Å². The van der Waals surface area contributed by atoms with Crippen molar-refractivity contribution in [3.63, 3.8) is 0 Å². The molecular weight excluding hydrogens is 290 g/mol. The highest BCUT2D eigenvalue weighted by Crippen LogP contribution is 2.25. The summed E-state index contributed by atoms with van der Waals surface area (Å²) in [6.45, 7) is 3.04. The number of pyridine rings is 1. The molecule has 1 aliphatic rings. The van der Waals surface area contributed by atoms with Gasteiger partial charge in [0.05, 0.1) is 12.6 Å². The second kappa shape index (κ2) is 8.65. The van der Waals surface area contributed by atoms with Crippen molar-refractivity contribution in [1.82, 2.24) is 14.8 Å². The molecule has 5 nitrogen and oxygen atoms in total. The van der Waals surface area contributed by atoms with E-state index in [2.05, 4.69) is 11.9 Å². The summed E-state index contributed by atoms with van der Waals surface area (Å²) in [5.74, 6) is 0.106. The Kier molecular flexibility index (Phi) is 6.56. The van der Waals surface area contributed by atoms with Crippen molar-refractivity contribution in [2.45, 2.75) is 51.5 Å². The predicted octanol–water partition coefficient (Wildman–Crippen LogP) is 2.78. The molecule has 0 aromatic carbocycles. The monoisotopic (exact) mass is 317 g/mol. The number of carbonyl (C=O) groups is 2. The van der Waals surface area contributed by atoms with Gasteiger partial charge in [0.2, 0.25) is 11.8 Å². The number of likely N-dealkylation sites (tertiary alicyclic amines) is 1. The molecule has 1 saturated heterocycles. The zero-order valence-corrected chi connectivity index (χ0v) is 14.2. The molecule has 2 heterocycles. The molecule has 1 fully saturated rings. The third kappa shape index (κ3) is 4.78. The Morgan fingerprint density at radius 1 is 1.43 bits per heavy atom. The maximum absolute atomic E-state index is 12.6. The van der Waals surface area contributed by atoms with Gasteiger partial charge in [0.15, 0.2) is 0 Å². The molecule has 1 aromatic heterocycles. The summed E-state index contributed by atoms with van der Waals surface area (Å²) in [5.41, 5.74) is 1.06. The molecule has 1 aliphatic heterocycles. The van der Waals surface area contributed by atoms with E-state index in [1.165, 1.54) is 0 Å². The Hall–Kier alpha value is -1.91. The average molecular weight is 317 g/mol. The number of nitrogens with zero attached hydrogens (tertiary/aromatic N) is 3. The highest BCUT2D eigenvalue weighted by molar-refractivity contribution is 5.85. The number of hydrogen-bond donors (Lipinski definition) is 0. The van der Waals surface area contributed by atoms with Crippen LogP contribution in [0.5, 0.6) is 0 Å². The van der Waals surface area contributed by atoms with Crippen LogP contribution in [-0.2, 0) is 9.59 Å². The van der Waals surface area contributed by atoms with Gasteiger partial charge in [0.25, 0.3) is 0 Å². The largest absolute Gasteiger partial charge is 0.337 e. The van der Waals surface area contributed by atoms with Crippen molar-refractivity contribution in [3.05, 3.63) is 30.1 Å². The van der Waals surface area contributed by atoms with E-state index >= 15 is 0 Å². The summed E-state index contributed by atoms with van der Waals surface area (Å²) in [4.78, 5) is 32.2. The van der Waals surface area contributed by atoms with Gasteiger partial charge in [0.1, 0.15) is 0 Å². The van der Waals surface area contributed by atoms with Crippen LogP contribution >= 0.6 is 0 Å². The van der Waals surface area contributed by atoms with E-state index in [1.54, 1.807) is 16.0 Å². The van der Waals surface area contributed by atoms with Crippen LogP contribution < -0.4 is 0 Å². The molecule has 0 aliphatic carbocycles. The molecule has 0 N–H and O–H groups in total. The zero-order chi connectivity index (χ0) is 16.7. The molecule has 1 aromatic rings. The number of piperidine rings is 1. The van der Waals surface area contributed by atoms with Gasteiger partial charge in [-0.05, 0) is 30.9 Å². The van der Waals surface area contributed by atoms with Crippen LogP contribution in [0, 0.1) is 0 Å². The molecule has 2 amide bonds. The van der Waals surface area contributed by atoms with Gasteiger partial charge >= 0.3 is 0 Å². The normalized spacial score (nSPS) is 16.3. The fraction of sp³-hybridized carbons (Fsp3) is 0.611. The fourth-order valence-corrected chi connectivity index (χ4v) is 3.03. The summed E-state index contributed by atoms with van der Waals surface area (Å²) in [6, 6.07) is 3.94. The highest BCUT2D eigenvalue weighted by atomic mass is 16.2. The van der Waals surface area contributed by atoms with Gasteiger partial charge in [-0.25, -0.2) is 0 Å². The standard InChI is InChI=1S/C18H27N3O2/c1-3-4-9-16(15-8-7-11-19-13-15)20(2)18(23)14-21-12-6-5-10-17(21)22/h7-8,11,13,16H,3-6,9-10,12,14H2,1-2H3/t16-/m0/s1. The molecule has 5 heteroatoms. The molecule has 0 radical (unpaired) electrons. The first kappa shape index (κ1) is 17.4. The van der Waals surface area contributed by atoms with E-state index < -0.39 is 0 Å². The van der Waals surface area contributed by atoms with Gasteiger partial charge in [-0.1, -0.05) is 25.8 Å². The van der Waals surface area contributed by atoms with Gasteiger partial charge in [-0.3, -0.25) is 14.6 Å². The van der Waals surface area contributed by atoms with Crippen LogP contribution in [0.25, 0.3) is 0 Å². The lowest BCUT2D eigenvalue weighted by molar-refractivity contribution is -0.142. The minimum absolute atomic E-state index is 0.00482. The second-order valence-corrected chi connectivity index (χ2v) is 6.22. The van der Waals surface area contributed by atoms with Crippen molar-refractivity contribution in [2.24, 2.45) is 0 Å². The Balaban J connectivity index is 2.05. The summed E-state index contributed by atoms with van der Waals surface area (Å²) in [7, 11) is 1.84. The second-order valence-electron chi connectivity index (χ2n) is 6.22. The van der Waals surface area contributed by atoms with E-state index in [-0.39, 0.29) is 24.4 Å². The third-order valence-electron chi connectivity index (χ3n) is 4.51. The zero-order valence-electron chi connectivity index (χ0n) is 14.2. The number of unbranched alkanes of at least 4 members (excludes halogenated alkanes) is 1. The first-order valence-corrected chi connectivity index (χ1v) is 8.56. The lowest BCUT2D eigenvalue weighted by atomic mass is 10.0. The molecule has 23 heavy (non-hydrogen) atoms. The fourth-order valence-electron chi connectivity index (χ4n) is 3.03. The minimum atomic E-state index is 0.00482. The molecular formula is C18H27N3O2. The van der Waals surface area contributed by atoms with Crippen LogP contribution in [0.3, 0.4) is 0 Å². The van der Waals surface area contributed by atoms with E-state index in [0.29, 0.717) is 13.0 Å². The van der Waals surface area contributed by atoms with Crippen molar-refractivity contribution >= 4 is 11.8 Å². The number of amides is 2. The Bertz CT molecular complexity index is 518. The van der Waals surface area contributed by atoms with Crippen molar-refractivity contribution in [2.75, 3.05) is 20.1 Å². The first-order chi connectivity index (χ1) is 11.1. The van der Waals surface area contributed by atoms with Gasteiger partial charge in [-0.15, -0.1) is 0 Å². The van der Waals surface area contributed by atoms with E-state index in [0.717, 1.165) is 37.7 Å². The number of carbonyl (C=O) groups excluding carboxylic acids is 2. The molecule has 0 unspecified atom stereocenters. The Morgan fingerprint density at radius 3 is 2.91 bits per heavy atom. The van der Waals surface area contributed by atoms with Crippen LogP contribution in [0.15, 0.2) is 24.5 Å². The maximum atomic E-state index is 12.6. The molecule has 0 bridgehead atoms. The number of hydrogen-bond acceptors (Lipinski definition) is 3. The smallest absolute Gasteiger partial charge is 0.242 e. The Labute approximate surface area is 138 Å². The highest BCUT2D eigenvalue weighted by Gasteiger charge is 2.26. The summed E-state index contributed by atoms with van der Waals surface area (Å²) in [6.07, 6.45) is 9.13. The van der Waals surface area contributed by atoms with Crippen LogP contribution in [0.1, 0.15) is 57.1 Å². The first-order valence-electron chi connectivity index (χ1n) is 8.56. The van der Waals surface area contributed by atoms with Gasteiger partial charge in [-0.2, -0.15) is 0 Å². The number of likely N-dealkylation sites (N-methyl/N-ethyl adjacent to an activating group) is 1. The van der Waals surface area contributed by atoms with Gasteiger partial charge < -0.3 is 9.80 Å². The van der Waals surface area contributed by atoms with Crippen molar-refractivity contribution < 1.29 is 9.59 Å². The topological polar surface area (TPSA) is 53.5 Å². The lowest BCUT2D eigenvalue weighted by Gasteiger charge is -2.32. The van der Waals surface area contributed by atoms with E-state index in [4.69, 9.17) is 0 Å². The predicted molar refractivity (Wildman–Crippen MR) is 89.7 cm³/mol. The average Bonchev–Trinajstić information content (AvgIpc) is 2.58. The SMILES string of the molecule is CCCC[C@@H](c1cccnc1)N(C)C(=O)CN1CCCCC1=O. The van der Waals surface area contributed by atoms with Gasteiger partial charge in [0, 0.05) is 32.4 Å². The van der Waals surface area contributed by atoms with Crippen LogP contribution in [-0.4, -0.2) is 46.7 Å². The van der Waals surface area contributed by atoms with E-state index in [1.807, 2.05) is 25.4 Å². The summed E-state index contributed by atoms with van der Waals surface area (Å²) in [5, 5.41) is 0. The molecule has 2 rings (SSSR count). The van der Waals surface area contributed by atoms with Crippen molar-refractivity contribution in [3.8, 4) is 0 Å². The maximum Gasteiger partial charge on any atom is 0.242 e. The quantitative estimate of drug-likeness (QED) is 0.777.